The van der Waals surface area contributed by atoms with Gasteiger partial charge in [-0.1, -0.05) is 13.8 Å². The van der Waals surface area contributed by atoms with Crippen molar-refractivity contribution in [3.8, 4) is 0 Å². The molecule has 0 bridgehead atoms. The van der Waals surface area contributed by atoms with Crippen LogP contribution in [-0.4, -0.2) is 29.6 Å². The average molecular weight is 276 g/mol. The predicted octanol–water partition coefficient (Wildman–Crippen LogP) is 3.55. The van der Waals surface area contributed by atoms with Crippen LogP contribution in [0.4, 0.5) is 11.6 Å². The standard InChI is InChI=1S/C16H28N4/c1-4-9-14-18-15(17-10-5-2)13(3)16(19-14)20-11-7-6-8-12-20/h4-12H2,1-3H3,(H,17,18,19). The monoisotopic (exact) mass is 276 g/mol. The first-order valence-corrected chi connectivity index (χ1v) is 8.12. The number of hydrogen-bond donors (Lipinski definition) is 1. The summed E-state index contributed by atoms with van der Waals surface area (Å²) in [5.41, 5.74) is 1.21. The van der Waals surface area contributed by atoms with Crippen molar-refractivity contribution >= 4 is 11.6 Å². The molecule has 2 heterocycles. The molecule has 1 aromatic heterocycles. The number of nitrogens with one attached hydrogen (secondary N) is 1. The second kappa shape index (κ2) is 7.46. The van der Waals surface area contributed by atoms with Gasteiger partial charge in [0, 0.05) is 31.6 Å². The summed E-state index contributed by atoms with van der Waals surface area (Å²) in [5, 5.41) is 3.46. The van der Waals surface area contributed by atoms with Crippen LogP contribution in [0.2, 0.25) is 0 Å². The van der Waals surface area contributed by atoms with Crippen molar-refractivity contribution in [3.05, 3.63) is 11.4 Å². The first kappa shape index (κ1) is 15.1. The summed E-state index contributed by atoms with van der Waals surface area (Å²) < 4.78 is 0. The lowest BCUT2D eigenvalue weighted by atomic mass is 10.1. The van der Waals surface area contributed by atoms with Gasteiger partial charge in [0.15, 0.2) is 0 Å². The molecule has 0 amide bonds. The summed E-state index contributed by atoms with van der Waals surface area (Å²) in [6.45, 7) is 9.76. The van der Waals surface area contributed by atoms with E-state index in [-0.39, 0.29) is 0 Å². The average Bonchev–Trinajstić information content (AvgIpc) is 2.48. The van der Waals surface area contributed by atoms with Gasteiger partial charge in [-0.3, -0.25) is 0 Å². The summed E-state index contributed by atoms with van der Waals surface area (Å²) in [4.78, 5) is 12.0. The van der Waals surface area contributed by atoms with Gasteiger partial charge < -0.3 is 10.2 Å². The lowest BCUT2D eigenvalue weighted by Crippen LogP contribution is -2.31. The lowest BCUT2D eigenvalue weighted by Gasteiger charge is -2.30. The van der Waals surface area contributed by atoms with Crippen molar-refractivity contribution < 1.29 is 0 Å². The molecule has 1 fully saturated rings. The molecule has 4 heteroatoms. The number of hydrogen-bond acceptors (Lipinski definition) is 4. The maximum atomic E-state index is 4.83. The molecule has 20 heavy (non-hydrogen) atoms. The number of aryl methyl sites for hydroxylation is 1. The Balaban J connectivity index is 2.29. The van der Waals surface area contributed by atoms with E-state index in [0.29, 0.717) is 0 Å². The summed E-state index contributed by atoms with van der Waals surface area (Å²) >= 11 is 0. The van der Waals surface area contributed by atoms with E-state index >= 15 is 0 Å². The Morgan fingerprint density at radius 1 is 1.05 bits per heavy atom. The molecule has 1 saturated heterocycles. The number of rotatable bonds is 6. The molecule has 4 nitrogen and oxygen atoms in total. The third-order valence-electron chi connectivity index (χ3n) is 3.84. The quantitative estimate of drug-likeness (QED) is 0.862. The number of aromatic nitrogens is 2. The molecule has 112 valence electrons. The third kappa shape index (κ3) is 3.62. The molecule has 0 spiro atoms. The Labute approximate surface area is 123 Å². The van der Waals surface area contributed by atoms with Gasteiger partial charge in [-0.05, 0) is 39.0 Å². The van der Waals surface area contributed by atoms with Crippen molar-refractivity contribution in [3.63, 3.8) is 0 Å². The van der Waals surface area contributed by atoms with E-state index in [2.05, 4.69) is 31.0 Å². The molecule has 0 saturated carbocycles. The van der Waals surface area contributed by atoms with Crippen LogP contribution in [0.25, 0.3) is 0 Å². The fraction of sp³-hybridized carbons (Fsp3) is 0.750. The Hall–Kier alpha value is -1.32. The molecule has 0 radical (unpaired) electrons. The molecule has 1 aromatic rings. The van der Waals surface area contributed by atoms with Crippen LogP contribution in [0.15, 0.2) is 0 Å². The van der Waals surface area contributed by atoms with Gasteiger partial charge in [0.05, 0.1) is 0 Å². The normalized spacial score (nSPS) is 15.4. The van der Waals surface area contributed by atoms with Crippen LogP contribution < -0.4 is 10.2 Å². The summed E-state index contributed by atoms with van der Waals surface area (Å²) in [7, 11) is 0. The minimum atomic E-state index is 0.960. The molecule has 0 aliphatic carbocycles. The fourth-order valence-corrected chi connectivity index (χ4v) is 2.71. The topological polar surface area (TPSA) is 41.1 Å². The molecular formula is C16H28N4. The minimum absolute atomic E-state index is 0.960. The fourth-order valence-electron chi connectivity index (χ4n) is 2.71. The minimum Gasteiger partial charge on any atom is -0.370 e. The lowest BCUT2D eigenvalue weighted by molar-refractivity contribution is 0.570. The van der Waals surface area contributed by atoms with Crippen molar-refractivity contribution in [2.45, 2.75) is 59.3 Å². The Morgan fingerprint density at radius 3 is 2.45 bits per heavy atom. The summed E-state index contributed by atoms with van der Waals surface area (Å²) in [5.74, 6) is 3.17. The first-order chi connectivity index (χ1) is 9.76. The van der Waals surface area contributed by atoms with E-state index in [1.807, 2.05) is 0 Å². The van der Waals surface area contributed by atoms with Gasteiger partial charge in [-0.2, -0.15) is 0 Å². The van der Waals surface area contributed by atoms with Gasteiger partial charge in [0.2, 0.25) is 0 Å². The molecule has 0 atom stereocenters. The predicted molar refractivity (Wildman–Crippen MR) is 85.6 cm³/mol. The molecule has 1 N–H and O–H groups in total. The first-order valence-electron chi connectivity index (χ1n) is 8.12. The van der Waals surface area contributed by atoms with Gasteiger partial charge in [-0.25, -0.2) is 9.97 Å². The van der Waals surface area contributed by atoms with Crippen LogP contribution in [0.3, 0.4) is 0 Å². The zero-order valence-corrected chi connectivity index (χ0v) is 13.2. The van der Waals surface area contributed by atoms with Crippen LogP contribution in [0, 0.1) is 6.92 Å². The third-order valence-corrected chi connectivity index (χ3v) is 3.84. The highest BCUT2D eigenvalue weighted by Crippen LogP contribution is 2.26. The summed E-state index contributed by atoms with van der Waals surface area (Å²) in [6.07, 6.45) is 7.08. The van der Waals surface area contributed by atoms with Crippen LogP contribution in [-0.2, 0) is 6.42 Å². The molecule has 0 aromatic carbocycles. The van der Waals surface area contributed by atoms with Gasteiger partial charge in [0.25, 0.3) is 0 Å². The Kier molecular flexibility index (Phi) is 5.62. The van der Waals surface area contributed by atoms with Crippen molar-refractivity contribution in [1.82, 2.24) is 9.97 Å². The Bertz CT molecular complexity index is 425. The molecular weight excluding hydrogens is 248 g/mol. The van der Waals surface area contributed by atoms with E-state index in [0.717, 1.165) is 56.4 Å². The zero-order valence-electron chi connectivity index (χ0n) is 13.2. The molecule has 1 aliphatic rings. The van der Waals surface area contributed by atoms with E-state index in [9.17, 15) is 0 Å². The molecule has 1 aliphatic heterocycles. The maximum Gasteiger partial charge on any atom is 0.137 e. The van der Waals surface area contributed by atoms with Gasteiger partial charge in [0.1, 0.15) is 17.5 Å². The van der Waals surface area contributed by atoms with E-state index in [1.165, 1.54) is 24.8 Å². The number of nitrogens with zero attached hydrogens (tertiary/aromatic N) is 3. The number of anilines is 2. The molecule has 2 rings (SSSR count). The second-order valence-corrected chi connectivity index (χ2v) is 5.66. The van der Waals surface area contributed by atoms with Crippen LogP contribution in [0.5, 0.6) is 0 Å². The van der Waals surface area contributed by atoms with E-state index < -0.39 is 0 Å². The van der Waals surface area contributed by atoms with Crippen molar-refractivity contribution in [2.24, 2.45) is 0 Å². The molecule has 0 unspecified atom stereocenters. The summed E-state index contributed by atoms with van der Waals surface area (Å²) in [6, 6.07) is 0. The second-order valence-electron chi connectivity index (χ2n) is 5.66. The van der Waals surface area contributed by atoms with Crippen molar-refractivity contribution in [2.75, 3.05) is 29.9 Å². The van der Waals surface area contributed by atoms with Gasteiger partial charge >= 0.3 is 0 Å². The highest BCUT2D eigenvalue weighted by molar-refractivity contribution is 5.58. The van der Waals surface area contributed by atoms with E-state index in [4.69, 9.17) is 9.97 Å². The largest absolute Gasteiger partial charge is 0.370 e. The van der Waals surface area contributed by atoms with E-state index in [1.54, 1.807) is 0 Å². The highest BCUT2D eigenvalue weighted by Gasteiger charge is 2.18. The Morgan fingerprint density at radius 2 is 1.80 bits per heavy atom. The smallest absolute Gasteiger partial charge is 0.137 e. The van der Waals surface area contributed by atoms with Gasteiger partial charge in [-0.15, -0.1) is 0 Å². The zero-order chi connectivity index (χ0) is 14.4. The van der Waals surface area contributed by atoms with Crippen LogP contribution >= 0.6 is 0 Å². The SMILES string of the molecule is CCCNc1nc(CCC)nc(N2CCCCC2)c1C. The number of piperidine rings is 1. The van der Waals surface area contributed by atoms with Crippen molar-refractivity contribution in [1.29, 1.82) is 0 Å². The van der Waals surface area contributed by atoms with Crippen LogP contribution in [0.1, 0.15) is 57.3 Å². The maximum absolute atomic E-state index is 4.83. The highest BCUT2D eigenvalue weighted by atomic mass is 15.2.